The van der Waals surface area contributed by atoms with Crippen LogP contribution in [0.3, 0.4) is 0 Å². The lowest BCUT2D eigenvalue weighted by molar-refractivity contribution is -0.0961. The fraction of sp³-hybridized carbons (Fsp3) is 0.647. The molecule has 0 heterocycles. The Labute approximate surface area is 142 Å². The second-order valence-corrected chi connectivity index (χ2v) is 7.48. The number of rotatable bonds is 6. The Hall–Kier alpha value is -0.170. The molecule has 3 N–H and O–H groups in total. The van der Waals surface area contributed by atoms with Gasteiger partial charge in [0, 0.05) is 10.2 Å². The van der Waals surface area contributed by atoms with E-state index in [4.69, 9.17) is 10.6 Å². The van der Waals surface area contributed by atoms with Gasteiger partial charge in [-0.05, 0) is 85.2 Å². The molecule has 118 valence electrons. The first-order valence-electron chi connectivity index (χ1n) is 7.94. The molecule has 1 unspecified atom stereocenters. The third-order valence-electron chi connectivity index (χ3n) is 4.74. The van der Waals surface area contributed by atoms with Crippen molar-refractivity contribution < 1.29 is 4.74 Å². The summed E-state index contributed by atoms with van der Waals surface area (Å²) in [5, 5.41) is 0. The van der Waals surface area contributed by atoms with E-state index in [1.807, 2.05) is 0 Å². The van der Waals surface area contributed by atoms with Crippen LogP contribution < -0.4 is 11.3 Å². The highest BCUT2D eigenvalue weighted by atomic mass is 127. The van der Waals surface area contributed by atoms with Crippen LogP contribution in [-0.4, -0.2) is 18.2 Å². The first kappa shape index (κ1) is 17.2. The molecule has 1 aliphatic carbocycles. The van der Waals surface area contributed by atoms with Gasteiger partial charge in [0.05, 0.1) is 11.6 Å². The molecule has 1 aromatic rings. The van der Waals surface area contributed by atoms with E-state index < -0.39 is 0 Å². The molecular weight excluding hydrogens is 375 g/mol. The van der Waals surface area contributed by atoms with Gasteiger partial charge in [0.1, 0.15) is 0 Å². The number of hydrogen-bond acceptors (Lipinski definition) is 3. The van der Waals surface area contributed by atoms with E-state index in [0.29, 0.717) is 0 Å². The number of nitrogens with two attached hydrogens (primary N) is 1. The maximum Gasteiger partial charge on any atom is 0.0851 e. The zero-order valence-corrected chi connectivity index (χ0v) is 15.2. The van der Waals surface area contributed by atoms with Crippen LogP contribution in [0.2, 0.25) is 0 Å². The monoisotopic (exact) mass is 402 g/mol. The van der Waals surface area contributed by atoms with Crippen molar-refractivity contribution in [2.75, 3.05) is 6.61 Å². The Morgan fingerprint density at radius 1 is 1.33 bits per heavy atom. The van der Waals surface area contributed by atoms with E-state index >= 15 is 0 Å². The largest absolute Gasteiger partial charge is 0.374 e. The molecule has 0 amide bonds. The van der Waals surface area contributed by atoms with E-state index in [9.17, 15) is 0 Å². The van der Waals surface area contributed by atoms with Crippen molar-refractivity contribution in [3.63, 3.8) is 0 Å². The van der Waals surface area contributed by atoms with Gasteiger partial charge >= 0.3 is 0 Å². The molecule has 3 nitrogen and oxygen atoms in total. The average Bonchev–Trinajstić information content (AvgIpc) is 2.49. The molecule has 0 bridgehead atoms. The van der Waals surface area contributed by atoms with E-state index in [-0.39, 0.29) is 11.6 Å². The molecule has 0 saturated heterocycles. The summed E-state index contributed by atoms with van der Waals surface area (Å²) in [6.45, 7) is 5.16. The number of ether oxygens (including phenoxy) is 1. The highest BCUT2D eigenvalue weighted by molar-refractivity contribution is 14.1. The maximum absolute atomic E-state index is 6.22. The van der Waals surface area contributed by atoms with Gasteiger partial charge in [-0.2, -0.15) is 0 Å². The molecule has 0 aromatic heterocycles. The molecule has 2 rings (SSSR count). The fourth-order valence-corrected chi connectivity index (χ4v) is 3.74. The van der Waals surface area contributed by atoms with Crippen molar-refractivity contribution in [3.05, 3.63) is 33.4 Å². The number of halogens is 1. The van der Waals surface area contributed by atoms with Crippen molar-refractivity contribution in [1.82, 2.24) is 5.43 Å². The Morgan fingerprint density at radius 3 is 2.48 bits per heavy atom. The second kappa shape index (κ2) is 7.90. The molecule has 21 heavy (non-hydrogen) atoms. The third-order valence-corrected chi connectivity index (χ3v) is 5.46. The fourth-order valence-electron chi connectivity index (χ4n) is 3.38. The second-order valence-electron chi connectivity index (χ2n) is 6.23. The van der Waals surface area contributed by atoms with Gasteiger partial charge in [-0.15, -0.1) is 0 Å². The van der Waals surface area contributed by atoms with Crippen LogP contribution in [0.25, 0.3) is 0 Å². The van der Waals surface area contributed by atoms with Gasteiger partial charge < -0.3 is 4.74 Å². The van der Waals surface area contributed by atoms with E-state index in [0.717, 1.165) is 31.8 Å². The number of benzene rings is 1. The molecule has 1 atom stereocenters. The molecule has 1 aromatic carbocycles. The first-order chi connectivity index (χ1) is 10.1. The van der Waals surface area contributed by atoms with E-state index in [1.54, 1.807) is 0 Å². The standard InChI is InChI=1S/C17H27IN2O/c1-3-21-17(10-8-13(2)9-11-17)16(20-19)12-14-4-6-15(18)7-5-14/h4-7,13,16,20H,3,8-12,19H2,1-2H3. The lowest BCUT2D eigenvalue weighted by atomic mass is 9.74. The molecular formula is C17H27IN2O. The highest BCUT2D eigenvalue weighted by Crippen LogP contribution is 2.38. The zero-order valence-electron chi connectivity index (χ0n) is 13.1. The lowest BCUT2D eigenvalue weighted by Gasteiger charge is -2.44. The summed E-state index contributed by atoms with van der Waals surface area (Å²) in [5.74, 6) is 6.70. The molecule has 0 spiro atoms. The number of nitrogens with one attached hydrogen (secondary N) is 1. The van der Waals surface area contributed by atoms with Gasteiger partial charge in [0.15, 0.2) is 0 Å². The summed E-state index contributed by atoms with van der Waals surface area (Å²) in [5.41, 5.74) is 4.25. The topological polar surface area (TPSA) is 47.3 Å². The predicted molar refractivity (Wildman–Crippen MR) is 96.0 cm³/mol. The maximum atomic E-state index is 6.22. The van der Waals surface area contributed by atoms with Crippen LogP contribution in [-0.2, 0) is 11.2 Å². The average molecular weight is 402 g/mol. The quantitative estimate of drug-likeness (QED) is 0.434. The van der Waals surface area contributed by atoms with E-state index in [1.165, 1.54) is 22.0 Å². The van der Waals surface area contributed by atoms with Crippen molar-refractivity contribution in [1.29, 1.82) is 0 Å². The van der Waals surface area contributed by atoms with Gasteiger partial charge in [-0.25, -0.2) is 0 Å². The summed E-state index contributed by atoms with van der Waals surface area (Å²) >= 11 is 2.34. The van der Waals surface area contributed by atoms with Crippen LogP contribution in [0, 0.1) is 9.49 Å². The minimum Gasteiger partial charge on any atom is -0.374 e. The van der Waals surface area contributed by atoms with Gasteiger partial charge in [-0.3, -0.25) is 11.3 Å². The van der Waals surface area contributed by atoms with Crippen molar-refractivity contribution in [3.8, 4) is 0 Å². The van der Waals surface area contributed by atoms with Crippen LogP contribution in [0.15, 0.2) is 24.3 Å². The van der Waals surface area contributed by atoms with Crippen molar-refractivity contribution >= 4 is 22.6 Å². The first-order valence-corrected chi connectivity index (χ1v) is 9.02. The van der Waals surface area contributed by atoms with Crippen molar-refractivity contribution in [2.45, 2.75) is 57.6 Å². The van der Waals surface area contributed by atoms with Crippen LogP contribution in [0.4, 0.5) is 0 Å². The Morgan fingerprint density at radius 2 is 1.95 bits per heavy atom. The van der Waals surface area contributed by atoms with Gasteiger partial charge in [0.25, 0.3) is 0 Å². The van der Waals surface area contributed by atoms with Crippen LogP contribution in [0.1, 0.15) is 45.1 Å². The Balaban J connectivity index is 2.13. The highest BCUT2D eigenvalue weighted by Gasteiger charge is 2.41. The summed E-state index contributed by atoms with van der Waals surface area (Å²) in [4.78, 5) is 0. The summed E-state index contributed by atoms with van der Waals surface area (Å²) < 4.78 is 7.49. The molecule has 1 saturated carbocycles. The minimum absolute atomic E-state index is 0.112. The summed E-state index contributed by atoms with van der Waals surface area (Å²) in [6, 6.07) is 8.86. The summed E-state index contributed by atoms with van der Waals surface area (Å²) in [6.07, 6.45) is 5.57. The van der Waals surface area contributed by atoms with Crippen LogP contribution in [0.5, 0.6) is 0 Å². The SMILES string of the molecule is CCOC1(C(Cc2ccc(I)cc2)NN)CCC(C)CC1. The molecule has 0 aliphatic heterocycles. The normalized spacial score (nSPS) is 27.5. The smallest absolute Gasteiger partial charge is 0.0851 e. The van der Waals surface area contributed by atoms with Gasteiger partial charge in [-0.1, -0.05) is 19.1 Å². The molecule has 4 heteroatoms. The number of hydrazine groups is 1. The third kappa shape index (κ3) is 4.41. The predicted octanol–water partition coefficient (Wildman–Crippen LogP) is 3.65. The molecule has 1 aliphatic rings. The van der Waals surface area contributed by atoms with E-state index in [2.05, 4.69) is 66.1 Å². The van der Waals surface area contributed by atoms with Gasteiger partial charge in [0.2, 0.25) is 0 Å². The number of hydrogen-bond donors (Lipinski definition) is 2. The molecule has 1 fully saturated rings. The zero-order chi connectivity index (χ0) is 15.3. The van der Waals surface area contributed by atoms with Crippen molar-refractivity contribution in [2.24, 2.45) is 11.8 Å². The minimum atomic E-state index is -0.112. The Bertz CT molecular complexity index is 427. The Kier molecular flexibility index (Phi) is 6.47. The lowest BCUT2D eigenvalue weighted by Crippen LogP contribution is -2.57. The molecule has 0 radical (unpaired) electrons. The van der Waals surface area contributed by atoms with Crippen LogP contribution >= 0.6 is 22.6 Å². The summed E-state index contributed by atoms with van der Waals surface area (Å²) in [7, 11) is 0.